The Balaban J connectivity index is 1.25. The van der Waals surface area contributed by atoms with Crippen molar-refractivity contribution in [2.45, 2.75) is 37.9 Å². The number of fused-ring (bicyclic) bond motifs is 1. The highest BCUT2D eigenvalue weighted by atomic mass is 16.6. The van der Waals surface area contributed by atoms with Crippen LogP contribution in [0.15, 0.2) is 48.5 Å². The third kappa shape index (κ3) is 5.42. The van der Waals surface area contributed by atoms with E-state index < -0.39 is 17.7 Å². The zero-order chi connectivity index (χ0) is 23.3. The van der Waals surface area contributed by atoms with E-state index in [1.165, 1.54) is 5.69 Å². The highest BCUT2D eigenvalue weighted by Gasteiger charge is 2.46. The summed E-state index contributed by atoms with van der Waals surface area (Å²) in [7, 11) is 1.59. The standard InChI is InChI=1S/C26H34N2O5/c1-26(24(29)12-10-20-9-11-22(31-2)19-23(20)33-26)25(30)32-18-6-13-27-14-16-28(17-15-27)21-7-4-3-5-8-21/h3-5,7-9,11,19,24,29H,6,10,12-18H2,1-2H3/t24-,26+/m1/s1. The Morgan fingerprint density at radius 1 is 1.15 bits per heavy atom. The van der Waals surface area contributed by atoms with Gasteiger partial charge in [0.1, 0.15) is 17.6 Å². The summed E-state index contributed by atoms with van der Waals surface area (Å²) in [6.07, 6.45) is 0.845. The van der Waals surface area contributed by atoms with Gasteiger partial charge >= 0.3 is 5.97 Å². The SMILES string of the molecule is COc1ccc2c(c1)O[C@](C)(C(=O)OCCCN1CCN(c3ccccc3)CC1)[C@H](O)CC2. The molecule has 4 rings (SSSR count). The Kier molecular flexibility index (Phi) is 7.40. The van der Waals surface area contributed by atoms with Gasteiger partial charge in [-0.15, -0.1) is 0 Å². The molecule has 0 bridgehead atoms. The lowest BCUT2D eigenvalue weighted by Gasteiger charge is -2.36. The van der Waals surface area contributed by atoms with E-state index in [9.17, 15) is 9.90 Å². The number of anilines is 1. The maximum absolute atomic E-state index is 12.9. The van der Waals surface area contributed by atoms with Gasteiger partial charge in [0.05, 0.1) is 13.7 Å². The zero-order valence-electron chi connectivity index (χ0n) is 19.5. The molecule has 2 aliphatic heterocycles. The molecule has 1 saturated heterocycles. The third-order valence-corrected chi connectivity index (χ3v) is 6.67. The van der Waals surface area contributed by atoms with Crippen molar-refractivity contribution in [1.29, 1.82) is 0 Å². The van der Waals surface area contributed by atoms with Crippen molar-refractivity contribution in [3.8, 4) is 11.5 Å². The first-order chi connectivity index (χ1) is 16.0. The lowest BCUT2D eigenvalue weighted by molar-refractivity contribution is -0.171. The summed E-state index contributed by atoms with van der Waals surface area (Å²) in [5.74, 6) is 0.675. The predicted molar refractivity (Wildman–Crippen MR) is 127 cm³/mol. The van der Waals surface area contributed by atoms with Crippen molar-refractivity contribution in [2.75, 3.05) is 51.3 Å². The largest absolute Gasteiger partial charge is 0.497 e. The van der Waals surface area contributed by atoms with Crippen LogP contribution in [-0.2, 0) is 16.0 Å². The van der Waals surface area contributed by atoms with Crippen LogP contribution in [0.2, 0.25) is 0 Å². The molecule has 0 aliphatic carbocycles. The fraction of sp³-hybridized carbons (Fsp3) is 0.500. The summed E-state index contributed by atoms with van der Waals surface area (Å²) < 4.78 is 16.9. The van der Waals surface area contributed by atoms with Crippen LogP contribution in [0.25, 0.3) is 0 Å². The summed E-state index contributed by atoms with van der Waals surface area (Å²) in [6.45, 7) is 6.74. The van der Waals surface area contributed by atoms with Crippen LogP contribution in [0.3, 0.4) is 0 Å². The molecule has 2 heterocycles. The van der Waals surface area contributed by atoms with Crippen LogP contribution in [-0.4, -0.2) is 74.1 Å². The number of esters is 1. The first kappa shape index (κ1) is 23.4. The average Bonchev–Trinajstić information content (AvgIpc) is 2.98. The van der Waals surface area contributed by atoms with Gasteiger partial charge in [-0.1, -0.05) is 24.3 Å². The van der Waals surface area contributed by atoms with Crippen LogP contribution in [0.4, 0.5) is 5.69 Å². The fourth-order valence-corrected chi connectivity index (χ4v) is 4.47. The number of nitrogens with zero attached hydrogens (tertiary/aromatic N) is 2. The number of rotatable bonds is 7. The number of carbonyl (C=O) groups is 1. The Hall–Kier alpha value is -2.77. The number of para-hydroxylation sites is 1. The smallest absolute Gasteiger partial charge is 0.352 e. The number of hydrogen-bond donors (Lipinski definition) is 1. The van der Waals surface area contributed by atoms with Crippen molar-refractivity contribution >= 4 is 11.7 Å². The van der Waals surface area contributed by atoms with Crippen LogP contribution >= 0.6 is 0 Å². The summed E-state index contributed by atoms with van der Waals surface area (Å²) >= 11 is 0. The molecule has 0 unspecified atom stereocenters. The number of piperazine rings is 1. The number of aliphatic hydroxyl groups is 1. The molecule has 33 heavy (non-hydrogen) atoms. The van der Waals surface area contributed by atoms with Crippen LogP contribution < -0.4 is 14.4 Å². The van der Waals surface area contributed by atoms with Crippen molar-refractivity contribution in [3.63, 3.8) is 0 Å². The van der Waals surface area contributed by atoms with Gasteiger partial charge in [0.15, 0.2) is 0 Å². The van der Waals surface area contributed by atoms with E-state index in [4.69, 9.17) is 14.2 Å². The lowest BCUT2D eigenvalue weighted by atomic mass is 9.95. The van der Waals surface area contributed by atoms with Gasteiger partial charge in [0.2, 0.25) is 5.60 Å². The summed E-state index contributed by atoms with van der Waals surface area (Å²) in [5, 5.41) is 10.7. The van der Waals surface area contributed by atoms with Gasteiger partial charge in [-0.3, -0.25) is 4.90 Å². The highest BCUT2D eigenvalue weighted by Crippen LogP contribution is 2.35. The zero-order valence-corrected chi connectivity index (χ0v) is 19.5. The summed E-state index contributed by atoms with van der Waals surface area (Å²) in [6, 6.07) is 16.0. The number of ether oxygens (including phenoxy) is 3. The quantitative estimate of drug-likeness (QED) is 0.510. The van der Waals surface area contributed by atoms with Crippen molar-refractivity contribution < 1.29 is 24.1 Å². The molecule has 0 radical (unpaired) electrons. The number of hydrogen-bond acceptors (Lipinski definition) is 7. The second-order valence-corrected chi connectivity index (χ2v) is 8.89. The molecule has 0 spiro atoms. The molecule has 0 aromatic heterocycles. The molecule has 2 atom stereocenters. The first-order valence-electron chi connectivity index (χ1n) is 11.7. The molecular weight excluding hydrogens is 420 g/mol. The molecule has 0 saturated carbocycles. The van der Waals surface area contributed by atoms with Crippen LogP contribution in [0, 0.1) is 0 Å². The molecule has 1 fully saturated rings. The minimum atomic E-state index is -1.45. The lowest BCUT2D eigenvalue weighted by Crippen LogP contribution is -2.52. The topological polar surface area (TPSA) is 71.5 Å². The van der Waals surface area contributed by atoms with E-state index >= 15 is 0 Å². The van der Waals surface area contributed by atoms with Crippen LogP contribution in [0.1, 0.15) is 25.3 Å². The van der Waals surface area contributed by atoms with Gasteiger partial charge in [-0.2, -0.15) is 0 Å². The first-order valence-corrected chi connectivity index (χ1v) is 11.7. The van der Waals surface area contributed by atoms with Gasteiger partial charge in [0.25, 0.3) is 0 Å². The Morgan fingerprint density at radius 2 is 1.91 bits per heavy atom. The molecule has 2 aliphatic rings. The second kappa shape index (κ2) is 10.4. The minimum Gasteiger partial charge on any atom is -0.497 e. The normalized spacial score (nSPS) is 23.2. The maximum atomic E-state index is 12.9. The number of aryl methyl sites for hydroxylation is 1. The number of carbonyl (C=O) groups excluding carboxylic acids is 1. The molecular formula is C26H34N2O5. The predicted octanol–water partition coefficient (Wildman–Crippen LogP) is 2.90. The number of benzene rings is 2. The molecule has 1 N–H and O–H groups in total. The maximum Gasteiger partial charge on any atom is 0.352 e. The second-order valence-electron chi connectivity index (χ2n) is 8.89. The van der Waals surface area contributed by atoms with Gasteiger partial charge in [0, 0.05) is 44.5 Å². The Morgan fingerprint density at radius 3 is 2.64 bits per heavy atom. The van der Waals surface area contributed by atoms with Crippen molar-refractivity contribution in [1.82, 2.24) is 4.90 Å². The molecule has 2 aromatic rings. The summed E-state index contributed by atoms with van der Waals surface area (Å²) in [4.78, 5) is 17.7. The number of methoxy groups -OCH3 is 1. The van der Waals surface area contributed by atoms with Gasteiger partial charge < -0.3 is 24.2 Å². The van der Waals surface area contributed by atoms with E-state index in [0.29, 0.717) is 30.9 Å². The third-order valence-electron chi connectivity index (χ3n) is 6.67. The Labute approximate surface area is 195 Å². The molecule has 2 aromatic carbocycles. The van der Waals surface area contributed by atoms with Crippen LogP contribution in [0.5, 0.6) is 11.5 Å². The molecule has 7 heteroatoms. The van der Waals surface area contributed by atoms with E-state index in [1.807, 2.05) is 18.2 Å². The molecule has 0 amide bonds. The molecule has 178 valence electrons. The van der Waals surface area contributed by atoms with Gasteiger partial charge in [-0.25, -0.2) is 4.79 Å². The highest BCUT2D eigenvalue weighted by molar-refractivity contribution is 5.80. The monoisotopic (exact) mass is 454 g/mol. The Bertz CT molecular complexity index is 930. The molecule has 7 nitrogen and oxygen atoms in total. The number of aliphatic hydroxyl groups excluding tert-OH is 1. The fourth-order valence-electron chi connectivity index (χ4n) is 4.47. The van der Waals surface area contributed by atoms with Crippen molar-refractivity contribution in [2.24, 2.45) is 0 Å². The average molecular weight is 455 g/mol. The van der Waals surface area contributed by atoms with E-state index in [1.54, 1.807) is 20.1 Å². The van der Waals surface area contributed by atoms with E-state index in [2.05, 4.69) is 34.1 Å². The minimum absolute atomic E-state index is 0.300. The van der Waals surface area contributed by atoms with E-state index in [-0.39, 0.29) is 0 Å². The van der Waals surface area contributed by atoms with Crippen molar-refractivity contribution in [3.05, 3.63) is 54.1 Å². The van der Waals surface area contributed by atoms with Gasteiger partial charge in [-0.05, 0) is 49.9 Å². The summed E-state index contributed by atoms with van der Waals surface area (Å²) in [5.41, 5.74) is 0.764. The van der Waals surface area contributed by atoms with E-state index in [0.717, 1.165) is 44.7 Å².